The van der Waals surface area contributed by atoms with E-state index < -0.39 is 0 Å². The quantitative estimate of drug-likeness (QED) is 0.830. The molecule has 0 spiro atoms. The fourth-order valence-electron chi connectivity index (χ4n) is 1.36. The molecule has 1 N–H and O–H groups in total. The summed E-state index contributed by atoms with van der Waals surface area (Å²) in [5.41, 5.74) is 1.61. The van der Waals surface area contributed by atoms with Gasteiger partial charge >= 0.3 is 0 Å². The van der Waals surface area contributed by atoms with Crippen LogP contribution >= 0.6 is 11.6 Å². The summed E-state index contributed by atoms with van der Waals surface area (Å²) in [5.74, 6) is -0.274. The van der Waals surface area contributed by atoms with Gasteiger partial charge in [-0.15, -0.1) is 0 Å². The molecular formula is C12H15ClFN. The maximum absolute atomic E-state index is 13.4. The average molecular weight is 228 g/mol. The van der Waals surface area contributed by atoms with Crippen LogP contribution in [0.3, 0.4) is 0 Å². The number of hydrogen-bond acceptors (Lipinski definition) is 1. The van der Waals surface area contributed by atoms with E-state index in [0.717, 1.165) is 18.5 Å². The first-order valence-electron chi connectivity index (χ1n) is 4.97. The summed E-state index contributed by atoms with van der Waals surface area (Å²) in [7, 11) is 1.87. The van der Waals surface area contributed by atoms with Gasteiger partial charge < -0.3 is 5.32 Å². The molecule has 0 aliphatic heterocycles. The molecule has 0 radical (unpaired) electrons. The van der Waals surface area contributed by atoms with Crippen molar-refractivity contribution in [2.75, 3.05) is 13.6 Å². The molecule has 3 heteroatoms. The third-order valence-electron chi connectivity index (χ3n) is 2.21. The van der Waals surface area contributed by atoms with Gasteiger partial charge in [-0.25, -0.2) is 4.39 Å². The highest BCUT2D eigenvalue weighted by Gasteiger charge is 2.04. The number of hydrogen-bond donors (Lipinski definition) is 1. The van der Waals surface area contributed by atoms with Crippen LogP contribution in [0.25, 0.3) is 6.08 Å². The van der Waals surface area contributed by atoms with Crippen LogP contribution in [-0.2, 0) is 0 Å². The normalized spacial score (nSPS) is 11.9. The Bertz CT molecular complexity index is 340. The molecule has 0 saturated heterocycles. The Balaban J connectivity index is 3.04. The van der Waals surface area contributed by atoms with Crippen LogP contribution < -0.4 is 5.32 Å². The predicted molar refractivity (Wildman–Crippen MR) is 63.6 cm³/mol. The number of benzene rings is 1. The highest BCUT2D eigenvalue weighted by atomic mass is 35.5. The number of halogens is 2. The zero-order valence-electron chi connectivity index (χ0n) is 8.98. The second kappa shape index (κ2) is 5.89. The molecule has 0 fully saturated rings. The minimum Gasteiger partial charge on any atom is -0.316 e. The highest BCUT2D eigenvalue weighted by Crippen LogP contribution is 2.22. The van der Waals surface area contributed by atoms with Crippen LogP contribution in [-0.4, -0.2) is 13.6 Å². The molecule has 0 aliphatic rings. The van der Waals surface area contributed by atoms with Gasteiger partial charge in [-0.3, -0.25) is 0 Å². The third kappa shape index (κ3) is 3.33. The molecule has 0 aliphatic carbocycles. The van der Waals surface area contributed by atoms with Crippen LogP contribution in [0, 0.1) is 5.82 Å². The molecule has 0 heterocycles. The first kappa shape index (κ1) is 12.2. The summed E-state index contributed by atoms with van der Waals surface area (Å²) in [4.78, 5) is 0. The van der Waals surface area contributed by atoms with E-state index in [4.69, 9.17) is 11.6 Å². The Morgan fingerprint density at radius 1 is 1.53 bits per heavy atom. The molecule has 1 rings (SSSR count). The van der Waals surface area contributed by atoms with E-state index in [9.17, 15) is 4.39 Å². The SMILES string of the molecule is CCC(=Cc1c(F)cccc1Cl)CNC. The summed E-state index contributed by atoms with van der Waals surface area (Å²) in [6.07, 6.45) is 2.69. The van der Waals surface area contributed by atoms with Gasteiger partial charge in [0.05, 0.1) is 5.02 Å². The van der Waals surface area contributed by atoms with Gasteiger partial charge in [0.25, 0.3) is 0 Å². The topological polar surface area (TPSA) is 12.0 Å². The van der Waals surface area contributed by atoms with Crippen molar-refractivity contribution in [3.8, 4) is 0 Å². The Morgan fingerprint density at radius 3 is 2.80 bits per heavy atom. The summed E-state index contributed by atoms with van der Waals surface area (Å²) in [5, 5.41) is 3.50. The standard InChI is InChI=1S/C12H15ClFN/c1-3-9(8-15-2)7-10-11(13)5-4-6-12(10)14/h4-7,15H,3,8H2,1-2H3. The van der Waals surface area contributed by atoms with Gasteiger partial charge in [0, 0.05) is 12.1 Å². The lowest BCUT2D eigenvalue weighted by Gasteiger charge is -2.05. The maximum Gasteiger partial charge on any atom is 0.131 e. The zero-order valence-corrected chi connectivity index (χ0v) is 9.74. The average Bonchev–Trinajstić information content (AvgIpc) is 2.22. The number of nitrogens with one attached hydrogen (secondary N) is 1. The Kier molecular flexibility index (Phi) is 4.79. The smallest absolute Gasteiger partial charge is 0.131 e. The van der Waals surface area contributed by atoms with Crippen molar-refractivity contribution in [1.29, 1.82) is 0 Å². The lowest BCUT2D eigenvalue weighted by molar-refractivity contribution is 0.625. The molecule has 1 aromatic carbocycles. The van der Waals surface area contributed by atoms with Crippen molar-refractivity contribution < 1.29 is 4.39 Å². The van der Waals surface area contributed by atoms with Crippen LogP contribution in [0.5, 0.6) is 0 Å². The van der Waals surface area contributed by atoms with Crippen molar-refractivity contribution >= 4 is 17.7 Å². The van der Waals surface area contributed by atoms with Crippen LogP contribution in [0.2, 0.25) is 5.02 Å². The number of rotatable bonds is 4. The minimum atomic E-state index is -0.274. The minimum absolute atomic E-state index is 0.274. The maximum atomic E-state index is 13.4. The van der Waals surface area contributed by atoms with Gasteiger partial charge in [-0.2, -0.15) is 0 Å². The van der Waals surface area contributed by atoms with Gasteiger partial charge in [0.1, 0.15) is 5.82 Å². The largest absolute Gasteiger partial charge is 0.316 e. The summed E-state index contributed by atoms with van der Waals surface area (Å²) in [6, 6.07) is 4.73. The van der Waals surface area contributed by atoms with Crippen molar-refractivity contribution in [3.05, 3.63) is 40.2 Å². The molecule has 82 valence electrons. The fourth-order valence-corrected chi connectivity index (χ4v) is 1.58. The van der Waals surface area contributed by atoms with E-state index in [1.54, 1.807) is 12.1 Å². The van der Waals surface area contributed by atoms with Gasteiger partial charge in [-0.1, -0.05) is 36.2 Å². The van der Waals surface area contributed by atoms with E-state index >= 15 is 0 Å². The first-order chi connectivity index (χ1) is 7.19. The molecule has 0 saturated carbocycles. The van der Waals surface area contributed by atoms with Crippen LogP contribution in [0.15, 0.2) is 23.8 Å². The second-order valence-corrected chi connectivity index (χ2v) is 3.73. The van der Waals surface area contributed by atoms with Crippen LogP contribution in [0.1, 0.15) is 18.9 Å². The van der Waals surface area contributed by atoms with Gasteiger partial charge in [0.2, 0.25) is 0 Å². The highest BCUT2D eigenvalue weighted by molar-refractivity contribution is 6.32. The second-order valence-electron chi connectivity index (χ2n) is 3.32. The van der Waals surface area contributed by atoms with E-state index in [1.807, 2.05) is 20.0 Å². The molecule has 1 aromatic rings. The third-order valence-corrected chi connectivity index (χ3v) is 2.54. The van der Waals surface area contributed by atoms with Crippen molar-refractivity contribution in [2.24, 2.45) is 0 Å². The van der Waals surface area contributed by atoms with E-state index in [0.29, 0.717) is 10.6 Å². The number of likely N-dealkylation sites (N-methyl/N-ethyl adjacent to an activating group) is 1. The molecule has 0 unspecified atom stereocenters. The molecule has 0 aromatic heterocycles. The van der Waals surface area contributed by atoms with Crippen molar-refractivity contribution in [2.45, 2.75) is 13.3 Å². The summed E-state index contributed by atoms with van der Waals surface area (Å²) < 4.78 is 13.4. The van der Waals surface area contributed by atoms with E-state index in [-0.39, 0.29) is 5.82 Å². The zero-order chi connectivity index (χ0) is 11.3. The molecule has 15 heavy (non-hydrogen) atoms. The molecule has 0 bridgehead atoms. The van der Waals surface area contributed by atoms with E-state index in [2.05, 4.69) is 5.32 Å². The van der Waals surface area contributed by atoms with Gasteiger partial charge in [-0.05, 0) is 25.6 Å². The Morgan fingerprint density at radius 2 is 2.27 bits per heavy atom. The Hall–Kier alpha value is -0.860. The predicted octanol–water partition coefficient (Wildman–Crippen LogP) is 3.49. The van der Waals surface area contributed by atoms with E-state index in [1.165, 1.54) is 6.07 Å². The summed E-state index contributed by atoms with van der Waals surface area (Å²) in [6.45, 7) is 2.79. The molecule has 1 nitrogen and oxygen atoms in total. The van der Waals surface area contributed by atoms with Crippen LogP contribution in [0.4, 0.5) is 4.39 Å². The molecular weight excluding hydrogens is 213 g/mol. The lowest BCUT2D eigenvalue weighted by atomic mass is 10.1. The van der Waals surface area contributed by atoms with Crippen molar-refractivity contribution in [3.63, 3.8) is 0 Å². The van der Waals surface area contributed by atoms with Crippen molar-refractivity contribution in [1.82, 2.24) is 5.32 Å². The molecule has 0 amide bonds. The fraction of sp³-hybridized carbons (Fsp3) is 0.333. The first-order valence-corrected chi connectivity index (χ1v) is 5.35. The molecule has 0 atom stereocenters. The Labute approximate surface area is 95.0 Å². The monoisotopic (exact) mass is 227 g/mol. The lowest BCUT2D eigenvalue weighted by Crippen LogP contribution is -2.09. The summed E-state index contributed by atoms with van der Waals surface area (Å²) >= 11 is 5.93. The van der Waals surface area contributed by atoms with Gasteiger partial charge in [0.15, 0.2) is 0 Å².